The van der Waals surface area contributed by atoms with Crippen molar-refractivity contribution in [1.82, 2.24) is 10.2 Å². The molecule has 3 aliphatic rings. The predicted molar refractivity (Wildman–Crippen MR) is 190 cm³/mol. The summed E-state index contributed by atoms with van der Waals surface area (Å²) in [5, 5.41) is 61.1. The Bertz CT molecular complexity index is 1110. The maximum atomic E-state index is 14.1. The number of esters is 1. The molecule has 0 aliphatic carbocycles. The summed E-state index contributed by atoms with van der Waals surface area (Å²) in [6.45, 7) is 17.7. The van der Waals surface area contributed by atoms with Gasteiger partial charge in [-0.3, -0.25) is 4.79 Å². The van der Waals surface area contributed by atoms with Crippen LogP contribution in [0.1, 0.15) is 94.9 Å². The summed E-state index contributed by atoms with van der Waals surface area (Å²) in [4.78, 5) is 16.1. The molecule has 18 atom stereocenters. The van der Waals surface area contributed by atoms with E-state index in [0.29, 0.717) is 13.0 Å². The van der Waals surface area contributed by atoms with E-state index < -0.39 is 95.8 Å². The molecule has 0 aromatic heterocycles. The third-order valence-electron chi connectivity index (χ3n) is 11.7. The molecule has 0 radical (unpaired) electrons. The van der Waals surface area contributed by atoms with E-state index in [-0.39, 0.29) is 37.5 Å². The molecule has 51 heavy (non-hydrogen) atoms. The fourth-order valence-corrected chi connectivity index (χ4v) is 8.35. The van der Waals surface area contributed by atoms with Gasteiger partial charge in [0.1, 0.15) is 23.9 Å². The Morgan fingerprint density at radius 2 is 1.57 bits per heavy atom. The highest BCUT2D eigenvalue weighted by Gasteiger charge is 2.52. The van der Waals surface area contributed by atoms with Gasteiger partial charge < -0.3 is 64.2 Å². The molecule has 0 saturated carbocycles. The second-order valence-electron chi connectivity index (χ2n) is 16.7. The molecular weight excluding hydrogens is 664 g/mol. The zero-order valence-corrected chi connectivity index (χ0v) is 33.2. The Kier molecular flexibility index (Phi) is 15.3. The van der Waals surface area contributed by atoms with E-state index in [2.05, 4.69) is 5.32 Å². The maximum absolute atomic E-state index is 14.1. The predicted octanol–water partition coefficient (Wildman–Crippen LogP) is 1.56. The van der Waals surface area contributed by atoms with Gasteiger partial charge in [-0.2, -0.15) is 0 Å². The molecule has 6 N–H and O–H groups in total. The van der Waals surface area contributed by atoms with Crippen LogP contribution in [-0.4, -0.2) is 154 Å². The summed E-state index contributed by atoms with van der Waals surface area (Å²) < 4.78 is 37.4. The number of cyclic esters (lactones) is 1. The van der Waals surface area contributed by atoms with E-state index in [1.165, 1.54) is 14.0 Å². The van der Waals surface area contributed by atoms with E-state index in [1.807, 2.05) is 39.8 Å². The number of hydrogen-bond donors (Lipinski definition) is 6. The van der Waals surface area contributed by atoms with Gasteiger partial charge in [0.2, 0.25) is 0 Å². The molecular formula is C37H70N2O12. The van der Waals surface area contributed by atoms with Crippen molar-refractivity contribution in [3.8, 4) is 0 Å². The van der Waals surface area contributed by atoms with Crippen LogP contribution in [0.3, 0.4) is 0 Å². The van der Waals surface area contributed by atoms with E-state index in [1.54, 1.807) is 41.5 Å². The topological polar surface area (TPSA) is 189 Å². The highest BCUT2D eigenvalue weighted by Crippen LogP contribution is 2.39. The average molecular weight is 735 g/mol. The number of rotatable bonds is 7. The molecule has 2 unspecified atom stereocenters. The third-order valence-corrected chi connectivity index (χ3v) is 11.7. The first-order valence-electron chi connectivity index (χ1n) is 18.8. The zero-order valence-electron chi connectivity index (χ0n) is 33.2. The van der Waals surface area contributed by atoms with Crippen molar-refractivity contribution in [2.75, 3.05) is 27.7 Å². The number of carbonyl (C=O) groups excluding carboxylic acids is 1. The smallest absolute Gasteiger partial charge is 0.311 e. The summed E-state index contributed by atoms with van der Waals surface area (Å²) in [6.07, 6.45) is -8.23. The molecule has 3 aliphatic heterocycles. The lowest BCUT2D eigenvalue weighted by molar-refractivity contribution is -0.317. The first-order valence-corrected chi connectivity index (χ1v) is 18.8. The largest absolute Gasteiger partial charge is 0.459 e. The Labute approximate surface area is 305 Å². The molecule has 3 fully saturated rings. The van der Waals surface area contributed by atoms with Crippen LogP contribution in [0.5, 0.6) is 0 Å². The van der Waals surface area contributed by atoms with Gasteiger partial charge in [0.25, 0.3) is 0 Å². The molecule has 0 spiro atoms. The normalized spacial score (nSPS) is 49.9. The van der Waals surface area contributed by atoms with Crippen LogP contribution in [0.15, 0.2) is 0 Å². The van der Waals surface area contributed by atoms with Gasteiger partial charge in [0, 0.05) is 38.1 Å². The molecule has 3 heterocycles. The van der Waals surface area contributed by atoms with Crippen LogP contribution >= 0.6 is 0 Å². The van der Waals surface area contributed by atoms with Crippen molar-refractivity contribution in [1.29, 1.82) is 0 Å². The number of aliphatic hydroxyl groups excluding tert-OH is 3. The van der Waals surface area contributed by atoms with Gasteiger partial charge in [-0.15, -0.1) is 0 Å². The fraction of sp³-hybridized carbons (Fsp3) is 0.973. The van der Waals surface area contributed by atoms with Crippen LogP contribution in [-0.2, 0) is 33.2 Å². The summed E-state index contributed by atoms with van der Waals surface area (Å²) in [5.74, 6) is -2.90. The van der Waals surface area contributed by atoms with E-state index in [9.17, 15) is 30.3 Å². The van der Waals surface area contributed by atoms with E-state index in [4.69, 9.17) is 28.4 Å². The van der Waals surface area contributed by atoms with Gasteiger partial charge >= 0.3 is 5.97 Å². The number of hydrogen-bond acceptors (Lipinski definition) is 14. The highest BCUT2D eigenvalue weighted by molar-refractivity contribution is 5.73. The van der Waals surface area contributed by atoms with Crippen LogP contribution in [0, 0.1) is 17.8 Å². The van der Waals surface area contributed by atoms with Crippen molar-refractivity contribution in [3.63, 3.8) is 0 Å². The van der Waals surface area contributed by atoms with Gasteiger partial charge in [0.05, 0.1) is 47.6 Å². The van der Waals surface area contributed by atoms with Crippen molar-refractivity contribution in [2.24, 2.45) is 17.8 Å². The average Bonchev–Trinajstić information content (AvgIpc) is 3.05. The number of carbonyl (C=O) groups is 1. The standard InChI is InChI=1S/C37H70N2O12/c1-14-26-37(10,45)30(41)19(2)18-38-20(3)16-35(8,44)32(51-34-28(40)25(39(11)12)15-21(4)47-34)22(5)29(23(6)33(43)49-26)50-27-17-36(9,46-13)31(42)24(7)48-27/h19-32,34,38,40-42,44-45H,14-18H2,1-13H3/t19-,20+,21+,22-,23?,24-,25-,26+,27?,28+,29+,30+,31-,32+,34-,35-,36+,37+/m0/s1. The number of nitrogens with one attached hydrogen (secondary N) is 1. The number of likely N-dealkylation sites (N-methyl/N-ethyl adjacent to an activating group) is 1. The number of aliphatic hydroxyl groups is 5. The van der Waals surface area contributed by atoms with Crippen LogP contribution in [0.2, 0.25) is 0 Å². The molecule has 0 bridgehead atoms. The number of methoxy groups -OCH3 is 1. The Morgan fingerprint density at radius 1 is 0.941 bits per heavy atom. The number of ether oxygens (including phenoxy) is 6. The fourth-order valence-electron chi connectivity index (χ4n) is 8.35. The van der Waals surface area contributed by atoms with Crippen molar-refractivity contribution in [3.05, 3.63) is 0 Å². The Morgan fingerprint density at radius 3 is 2.14 bits per heavy atom. The Balaban J connectivity index is 2.15. The van der Waals surface area contributed by atoms with Crippen LogP contribution in [0.4, 0.5) is 0 Å². The first kappa shape index (κ1) is 44.4. The minimum atomic E-state index is -1.78. The zero-order chi connectivity index (χ0) is 38.8. The minimum absolute atomic E-state index is 0.131. The molecule has 3 rings (SSSR count). The maximum Gasteiger partial charge on any atom is 0.311 e. The first-order chi connectivity index (χ1) is 23.5. The van der Waals surface area contributed by atoms with Crippen LogP contribution in [0.25, 0.3) is 0 Å². The third kappa shape index (κ3) is 10.2. The van der Waals surface area contributed by atoms with E-state index >= 15 is 0 Å². The highest BCUT2D eigenvalue weighted by atomic mass is 16.7. The molecule has 0 aromatic carbocycles. The van der Waals surface area contributed by atoms with Crippen molar-refractivity contribution < 1.29 is 58.7 Å². The summed E-state index contributed by atoms with van der Waals surface area (Å²) in [7, 11) is 5.26. The molecule has 300 valence electrons. The SMILES string of the molecule is CC[C@H]1OC(=O)C(C)[C@H](OC2C[C@@](C)(OC)[C@@H](O)[C@H](C)O2)[C@H](C)[C@@H](O[C@@H]2O[C@H](C)C[C@H](N(C)C)[C@H]2O)[C@@](C)(O)C[C@@H](C)NC[C@H](C)[C@@H](O)[C@]1(C)O. The Hall–Kier alpha value is -1.01. The lowest BCUT2D eigenvalue weighted by Gasteiger charge is -2.48. The molecule has 3 saturated heterocycles. The van der Waals surface area contributed by atoms with Gasteiger partial charge in [0.15, 0.2) is 12.6 Å². The molecule has 14 heteroatoms. The summed E-state index contributed by atoms with van der Waals surface area (Å²) in [5.41, 5.74) is -4.38. The molecule has 14 nitrogen and oxygen atoms in total. The summed E-state index contributed by atoms with van der Waals surface area (Å²) >= 11 is 0. The van der Waals surface area contributed by atoms with E-state index in [0.717, 1.165) is 0 Å². The quantitative estimate of drug-likeness (QED) is 0.207. The molecule has 0 amide bonds. The van der Waals surface area contributed by atoms with Gasteiger partial charge in [-0.25, -0.2) is 0 Å². The van der Waals surface area contributed by atoms with Gasteiger partial charge in [-0.05, 0) is 87.7 Å². The molecule has 0 aromatic rings. The minimum Gasteiger partial charge on any atom is -0.459 e. The van der Waals surface area contributed by atoms with Crippen molar-refractivity contribution >= 4 is 5.97 Å². The number of nitrogens with zero attached hydrogens (tertiary/aromatic N) is 1. The lowest BCUT2D eigenvalue weighted by atomic mass is 9.78. The second-order valence-corrected chi connectivity index (χ2v) is 16.7. The second kappa shape index (κ2) is 17.6. The summed E-state index contributed by atoms with van der Waals surface area (Å²) in [6, 6.07) is -0.568. The van der Waals surface area contributed by atoms with Gasteiger partial charge in [-0.1, -0.05) is 20.8 Å². The van der Waals surface area contributed by atoms with Crippen molar-refractivity contribution in [2.45, 2.75) is 185 Å². The van der Waals surface area contributed by atoms with Crippen LogP contribution < -0.4 is 5.32 Å². The monoisotopic (exact) mass is 734 g/mol. The lowest BCUT2D eigenvalue weighted by Crippen LogP contribution is -2.60.